The van der Waals surface area contributed by atoms with Gasteiger partial charge in [0.2, 0.25) is 5.96 Å². The van der Waals surface area contributed by atoms with Gasteiger partial charge in [-0.25, -0.2) is 4.99 Å². The van der Waals surface area contributed by atoms with Crippen LogP contribution in [0.2, 0.25) is 0 Å². The maximum absolute atomic E-state index is 6.35. The van der Waals surface area contributed by atoms with Crippen LogP contribution in [0.25, 0.3) is 0 Å². The van der Waals surface area contributed by atoms with Gasteiger partial charge in [-0.2, -0.15) is 0 Å². The predicted octanol–water partition coefficient (Wildman–Crippen LogP) is 1.88. The number of rotatable bonds is 5. The van der Waals surface area contributed by atoms with Crippen LogP contribution in [0.4, 0.5) is 5.69 Å². The minimum absolute atomic E-state index is 0.632. The number of nitrogens with zero attached hydrogens (tertiary/aromatic N) is 2. The van der Waals surface area contributed by atoms with Gasteiger partial charge in [-0.05, 0) is 64.2 Å². The zero-order chi connectivity index (χ0) is 15.3. The van der Waals surface area contributed by atoms with Crippen molar-refractivity contribution in [1.29, 1.82) is 0 Å². The highest BCUT2D eigenvalue weighted by Gasteiger charge is 2.23. The molecule has 0 aromatic heterocycles. The summed E-state index contributed by atoms with van der Waals surface area (Å²) in [6.07, 6.45) is 5.61. The highest BCUT2D eigenvalue weighted by molar-refractivity contribution is 5.95. The largest absolute Gasteiger partial charge is 0.333 e. The van der Waals surface area contributed by atoms with E-state index >= 15 is 0 Å². The Morgan fingerprint density at radius 1 is 1.38 bits per heavy atom. The fraction of sp³-hybridized carbons (Fsp3) is 0.438. The first-order valence-electron chi connectivity index (χ1n) is 7.28. The summed E-state index contributed by atoms with van der Waals surface area (Å²) in [5.74, 6) is 0.690. The van der Waals surface area contributed by atoms with E-state index in [4.69, 9.17) is 5.73 Å². The summed E-state index contributed by atoms with van der Waals surface area (Å²) in [5.41, 5.74) is 7.93. The van der Waals surface area contributed by atoms with E-state index in [0.717, 1.165) is 25.1 Å². The molecule has 1 atom stereocenters. The molecule has 5 heteroatoms. The lowest BCUT2D eigenvalue weighted by Crippen LogP contribution is -2.44. The molecule has 21 heavy (non-hydrogen) atoms. The third-order valence-corrected chi connectivity index (χ3v) is 3.38. The second kappa shape index (κ2) is 6.74. The Balaban J connectivity index is 2.00. The van der Waals surface area contributed by atoms with E-state index in [9.17, 15) is 0 Å². The molecule has 1 unspecified atom stereocenters. The van der Waals surface area contributed by atoms with Crippen LogP contribution in [0.5, 0.6) is 0 Å². The first-order valence-corrected chi connectivity index (χ1v) is 7.28. The summed E-state index contributed by atoms with van der Waals surface area (Å²) in [6, 6.07) is 8.17. The van der Waals surface area contributed by atoms with E-state index in [-0.39, 0.29) is 0 Å². The molecular formula is C16H25N5. The topological polar surface area (TPSA) is 65.7 Å². The average molecular weight is 287 g/mol. The van der Waals surface area contributed by atoms with E-state index in [0.29, 0.717) is 5.96 Å². The van der Waals surface area contributed by atoms with Crippen LogP contribution in [-0.4, -0.2) is 37.2 Å². The van der Waals surface area contributed by atoms with Crippen molar-refractivity contribution < 1.29 is 0 Å². The monoisotopic (exact) mass is 287 g/mol. The molecule has 0 saturated carbocycles. The number of hydrogen-bond acceptors (Lipinski definition) is 5. The SMILES string of the molecule is Cc1cccc(NC2=NC(N)(CCCN(C)C)C=CN2)c1. The summed E-state index contributed by atoms with van der Waals surface area (Å²) >= 11 is 0. The van der Waals surface area contributed by atoms with Gasteiger partial charge in [0.05, 0.1) is 0 Å². The Kier molecular flexibility index (Phi) is 4.98. The van der Waals surface area contributed by atoms with Crippen molar-refractivity contribution in [3.05, 3.63) is 42.1 Å². The molecule has 5 nitrogen and oxygen atoms in total. The minimum atomic E-state index is -0.632. The molecule has 0 radical (unpaired) electrons. The number of nitrogens with two attached hydrogens (primary N) is 1. The summed E-state index contributed by atoms with van der Waals surface area (Å²) in [5, 5.41) is 6.38. The van der Waals surface area contributed by atoms with Crippen LogP contribution in [0.15, 0.2) is 41.5 Å². The summed E-state index contributed by atoms with van der Waals surface area (Å²) in [7, 11) is 4.13. The molecule has 0 saturated heterocycles. The second-order valence-corrected chi connectivity index (χ2v) is 5.83. The molecule has 0 aliphatic carbocycles. The minimum Gasteiger partial charge on any atom is -0.333 e. The van der Waals surface area contributed by atoms with Gasteiger partial charge in [-0.15, -0.1) is 0 Å². The third kappa shape index (κ3) is 4.88. The molecule has 0 bridgehead atoms. The number of hydrogen-bond donors (Lipinski definition) is 3. The van der Waals surface area contributed by atoms with Gasteiger partial charge < -0.3 is 21.3 Å². The molecule has 4 N–H and O–H groups in total. The van der Waals surface area contributed by atoms with Gasteiger partial charge in [0.1, 0.15) is 5.66 Å². The third-order valence-electron chi connectivity index (χ3n) is 3.38. The molecule has 1 aliphatic heterocycles. The lowest BCUT2D eigenvalue weighted by atomic mass is 10.0. The van der Waals surface area contributed by atoms with Crippen LogP contribution >= 0.6 is 0 Å². The zero-order valence-electron chi connectivity index (χ0n) is 13.1. The van der Waals surface area contributed by atoms with E-state index in [2.05, 4.69) is 53.7 Å². The number of nitrogens with one attached hydrogen (secondary N) is 2. The average Bonchev–Trinajstić information content (AvgIpc) is 2.38. The molecular weight excluding hydrogens is 262 g/mol. The highest BCUT2D eigenvalue weighted by Crippen LogP contribution is 2.17. The van der Waals surface area contributed by atoms with Crippen LogP contribution in [-0.2, 0) is 0 Å². The quantitative estimate of drug-likeness (QED) is 0.773. The second-order valence-electron chi connectivity index (χ2n) is 5.83. The number of guanidine groups is 1. The first kappa shape index (κ1) is 15.5. The fourth-order valence-corrected chi connectivity index (χ4v) is 2.28. The Bertz CT molecular complexity index is 535. The van der Waals surface area contributed by atoms with Gasteiger partial charge >= 0.3 is 0 Å². The summed E-state index contributed by atoms with van der Waals surface area (Å²) < 4.78 is 0. The summed E-state index contributed by atoms with van der Waals surface area (Å²) in [6.45, 7) is 3.08. The molecule has 0 fully saturated rings. The maximum Gasteiger partial charge on any atom is 0.202 e. The van der Waals surface area contributed by atoms with Gasteiger partial charge in [-0.1, -0.05) is 12.1 Å². The van der Waals surface area contributed by atoms with E-state index < -0.39 is 5.66 Å². The maximum atomic E-state index is 6.35. The Morgan fingerprint density at radius 2 is 2.19 bits per heavy atom. The lowest BCUT2D eigenvalue weighted by molar-refractivity contribution is 0.367. The van der Waals surface area contributed by atoms with Crippen molar-refractivity contribution in [2.75, 3.05) is 26.0 Å². The van der Waals surface area contributed by atoms with Crippen molar-refractivity contribution in [3.63, 3.8) is 0 Å². The Labute approximate surface area is 126 Å². The standard InChI is InChI=1S/C16H25N5/c1-13-6-4-7-14(12-13)19-15-18-10-9-16(17,20-15)8-5-11-21(2)3/h4,6-7,9-10,12H,5,8,11,17H2,1-3H3,(H2,18,19,20). The number of benzene rings is 1. The van der Waals surface area contributed by atoms with E-state index in [1.165, 1.54) is 5.56 Å². The predicted molar refractivity (Wildman–Crippen MR) is 89.2 cm³/mol. The molecule has 1 aromatic carbocycles. The first-order chi connectivity index (χ1) is 9.97. The van der Waals surface area contributed by atoms with Crippen LogP contribution in [0.1, 0.15) is 18.4 Å². The normalized spacial score (nSPS) is 21.1. The van der Waals surface area contributed by atoms with E-state index in [1.54, 1.807) is 0 Å². The van der Waals surface area contributed by atoms with Crippen molar-refractivity contribution in [3.8, 4) is 0 Å². The number of aliphatic imine (C=N–C) groups is 1. The van der Waals surface area contributed by atoms with Crippen molar-refractivity contribution in [2.45, 2.75) is 25.4 Å². The lowest BCUT2D eigenvalue weighted by Gasteiger charge is -2.27. The summed E-state index contributed by atoms with van der Waals surface area (Å²) in [4.78, 5) is 6.76. The molecule has 0 amide bonds. The van der Waals surface area contributed by atoms with Crippen LogP contribution in [0.3, 0.4) is 0 Å². The van der Waals surface area contributed by atoms with Gasteiger partial charge in [-0.3, -0.25) is 0 Å². The van der Waals surface area contributed by atoms with E-state index in [1.807, 2.05) is 24.4 Å². The Morgan fingerprint density at radius 3 is 2.90 bits per heavy atom. The molecule has 0 spiro atoms. The molecule has 2 rings (SSSR count). The Hall–Kier alpha value is -1.85. The van der Waals surface area contributed by atoms with Crippen molar-refractivity contribution in [2.24, 2.45) is 10.7 Å². The van der Waals surface area contributed by atoms with Gasteiger partial charge in [0, 0.05) is 11.9 Å². The number of aryl methyl sites for hydroxylation is 1. The van der Waals surface area contributed by atoms with Crippen LogP contribution < -0.4 is 16.4 Å². The number of anilines is 1. The van der Waals surface area contributed by atoms with Crippen LogP contribution in [0, 0.1) is 6.92 Å². The molecule has 1 heterocycles. The molecule has 1 aliphatic rings. The molecule has 1 aromatic rings. The zero-order valence-corrected chi connectivity index (χ0v) is 13.1. The smallest absolute Gasteiger partial charge is 0.202 e. The van der Waals surface area contributed by atoms with Gasteiger partial charge in [0.25, 0.3) is 0 Å². The highest BCUT2D eigenvalue weighted by atomic mass is 15.2. The fourth-order valence-electron chi connectivity index (χ4n) is 2.28. The van der Waals surface area contributed by atoms with Crippen molar-refractivity contribution >= 4 is 11.6 Å². The van der Waals surface area contributed by atoms with Gasteiger partial charge in [0.15, 0.2) is 0 Å². The molecule has 114 valence electrons. The van der Waals surface area contributed by atoms with Crippen molar-refractivity contribution in [1.82, 2.24) is 10.2 Å².